The second-order valence-electron chi connectivity index (χ2n) is 7.10. The molecule has 9 heteroatoms. The molecule has 0 aliphatic heterocycles. The highest BCUT2D eigenvalue weighted by molar-refractivity contribution is 5.74. The number of benzene rings is 1. The fraction of sp³-hybridized carbons (Fsp3) is 0.450. The highest BCUT2D eigenvalue weighted by atomic mass is 16.5. The molecule has 9 nitrogen and oxygen atoms in total. The van der Waals surface area contributed by atoms with Crippen molar-refractivity contribution in [1.29, 1.82) is 0 Å². The summed E-state index contributed by atoms with van der Waals surface area (Å²) < 4.78 is 8.57. The summed E-state index contributed by atoms with van der Waals surface area (Å²) in [6, 6.07) is 7.56. The summed E-state index contributed by atoms with van der Waals surface area (Å²) in [7, 11) is 1.55. The first-order valence-corrected chi connectivity index (χ1v) is 9.71. The van der Waals surface area contributed by atoms with Crippen molar-refractivity contribution in [3.63, 3.8) is 0 Å². The number of hydrogen-bond acceptors (Lipinski definition) is 6. The van der Waals surface area contributed by atoms with Gasteiger partial charge < -0.3 is 19.7 Å². The molecule has 1 aromatic carbocycles. The van der Waals surface area contributed by atoms with Crippen molar-refractivity contribution in [1.82, 2.24) is 19.1 Å². The number of aromatic nitrogens is 4. The summed E-state index contributed by atoms with van der Waals surface area (Å²) in [5.74, 6) is 1.11. The zero-order chi connectivity index (χ0) is 21.0. The number of aliphatic hydroxyl groups is 1. The number of rotatable bonds is 9. The molecule has 1 atom stereocenters. The Bertz CT molecular complexity index is 1100. The molecule has 0 saturated carbocycles. The van der Waals surface area contributed by atoms with Gasteiger partial charge in [0.2, 0.25) is 5.95 Å². The van der Waals surface area contributed by atoms with E-state index in [2.05, 4.69) is 22.2 Å². The summed E-state index contributed by atoms with van der Waals surface area (Å²) in [5, 5.41) is 13.7. The lowest BCUT2D eigenvalue weighted by molar-refractivity contribution is 0.0938. The molecule has 156 valence electrons. The summed E-state index contributed by atoms with van der Waals surface area (Å²) in [6.07, 6.45) is 1.05. The van der Waals surface area contributed by atoms with Gasteiger partial charge in [0.1, 0.15) is 18.5 Å². The minimum atomic E-state index is -0.878. The maximum atomic E-state index is 12.4. The number of unbranched alkanes of at least 4 members (excludes halogenated alkanes) is 1. The van der Waals surface area contributed by atoms with Gasteiger partial charge in [-0.1, -0.05) is 25.5 Å². The van der Waals surface area contributed by atoms with E-state index in [1.54, 1.807) is 11.6 Å². The number of fused-ring (bicyclic) bond motifs is 1. The van der Waals surface area contributed by atoms with Crippen molar-refractivity contribution >= 4 is 17.1 Å². The zero-order valence-corrected chi connectivity index (χ0v) is 16.9. The van der Waals surface area contributed by atoms with E-state index in [4.69, 9.17) is 4.74 Å². The largest absolute Gasteiger partial charge is 0.491 e. The van der Waals surface area contributed by atoms with Crippen molar-refractivity contribution in [2.24, 2.45) is 7.05 Å². The fourth-order valence-electron chi connectivity index (χ4n) is 3.09. The first-order chi connectivity index (χ1) is 13.9. The van der Waals surface area contributed by atoms with Crippen LogP contribution in [0.15, 0.2) is 33.9 Å². The highest BCUT2D eigenvalue weighted by Gasteiger charge is 2.19. The molecule has 0 bridgehead atoms. The molecule has 3 rings (SSSR count). The predicted octanol–water partition coefficient (Wildman–Crippen LogP) is 1.38. The molecule has 2 heterocycles. The molecule has 0 amide bonds. The molecule has 3 aromatic rings. The molecule has 29 heavy (non-hydrogen) atoms. The minimum Gasteiger partial charge on any atom is -0.491 e. The van der Waals surface area contributed by atoms with Gasteiger partial charge in [-0.2, -0.15) is 4.98 Å². The van der Waals surface area contributed by atoms with Crippen LogP contribution in [0, 0.1) is 6.92 Å². The van der Waals surface area contributed by atoms with Gasteiger partial charge in [0.25, 0.3) is 5.56 Å². The van der Waals surface area contributed by atoms with Crippen LogP contribution in [0.4, 0.5) is 5.95 Å². The smallest absolute Gasteiger partial charge is 0.329 e. The number of aliphatic hydroxyl groups excluding tert-OH is 1. The van der Waals surface area contributed by atoms with E-state index in [0.29, 0.717) is 18.2 Å². The quantitative estimate of drug-likeness (QED) is 0.467. The summed E-state index contributed by atoms with van der Waals surface area (Å²) in [4.78, 5) is 31.1. The van der Waals surface area contributed by atoms with Crippen LogP contribution in [-0.4, -0.2) is 43.5 Å². The number of nitrogens with zero attached hydrogens (tertiary/aromatic N) is 3. The average molecular weight is 401 g/mol. The van der Waals surface area contributed by atoms with Crippen molar-refractivity contribution in [2.75, 3.05) is 18.5 Å². The van der Waals surface area contributed by atoms with Crippen LogP contribution in [0.3, 0.4) is 0 Å². The molecule has 0 spiro atoms. The molecule has 0 aliphatic rings. The normalized spacial score (nSPS) is 12.3. The summed E-state index contributed by atoms with van der Waals surface area (Å²) in [6.45, 7) is 4.86. The van der Waals surface area contributed by atoms with Crippen LogP contribution in [-0.2, 0) is 13.6 Å². The first kappa shape index (κ1) is 20.7. The maximum absolute atomic E-state index is 12.4. The van der Waals surface area contributed by atoms with Gasteiger partial charge in [-0.05, 0) is 31.0 Å². The Labute approximate surface area is 168 Å². The Balaban J connectivity index is 1.87. The molecule has 0 saturated heterocycles. The van der Waals surface area contributed by atoms with E-state index >= 15 is 0 Å². The van der Waals surface area contributed by atoms with Crippen molar-refractivity contribution in [3.05, 3.63) is 50.7 Å². The molecule has 2 aromatic heterocycles. The average Bonchev–Trinajstić information content (AvgIpc) is 3.04. The molecular weight excluding hydrogens is 374 g/mol. The van der Waals surface area contributed by atoms with E-state index in [1.165, 1.54) is 4.57 Å². The maximum Gasteiger partial charge on any atom is 0.329 e. The lowest BCUT2D eigenvalue weighted by Gasteiger charge is -2.16. The van der Waals surface area contributed by atoms with Gasteiger partial charge in [-0.3, -0.25) is 14.3 Å². The molecule has 0 radical (unpaired) electrons. The number of ether oxygens (including phenoxy) is 1. The van der Waals surface area contributed by atoms with Crippen molar-refractivity contribution in [2.45, 2.75) is 39.3 Å². The van der Waals surface area contributed by atoms with Crippen LogP contribution < -0.4 is 21.3 Å². The monoisotopic (exact) mass is 401 g/mol. The third-order valence-corrected chi connectivity index (χ3v) is 4.65. The molecule has 0 aliphatic carbocycles. The third kappa shape index (κ3) is 4.68. The van der Waals surface area contributed by atoms with Gasteiger partial charge in [0, 0.05) is 13.6 Å². The fourth-order valence-corrected chi connectivity index (χ4v) is 3.09. The second-order valence-corrected chi connectivity index (χ2v) is 7.10. The number of aryl methyl sites for hydroxylation is 2. The van der Waals surface area contributed by atoms with Gasteiger partial charge in [-0.15, -0.1) is 0 Å². The Morgan fingerprint density at radius 1 is 1.34 bits per heavy atom. The summed E-state index contributed by atoms with van der Waals surface area (Å²) in [5.41, 5.74) is 0.499. The Morgan fingerprint density at radius 2 is 2.14 bits per heavy atom. The standard InChI is InChI=1S/C20H27N5O4/c1-4-5-9-21-19-22-17-16(18(27)23-20(28)24(17)3)25(19)11-14(26)12-29-15-8-6-7-13(2)10-15/h6-8,10,14,26H,4-5,9,11-12H2,1-3H3,(H,21,22)(H,23,27,28)/t14-/m0/s1. The Kier molecular flexibility index (Phi) is 6.38. The van der Waals surface area contributed by atoms with E-state index < -0.39 is 17.4 Å². The van der Waals surface area contributed by atoms with Gasteiger partial charge in [0.05, 0.1) is 6.54 Å². The van der Waals surface area contributed by atoms with Crippen molar-refractivity contribution in [3.8, 4) is 5.75 Å². The molecule has 0 unspecified atom stereocenters. The number of hydrogen-bond donors (Lipinski definition) is 3. The van der Waals surface area contributed by atoms with Crippen LogP contribution in [0.1, 0.15) is 25.3 Å². The zero-order valence-electron chi connectivity index (χ0n) is 16.9. The topological polar surface area (TPSA) is 114 Å². The van der Waals surface area contributed by atoms with E-state index in [-0.39, 0.29) is 24.3 Å². The molecular formula is C20H27N5O4. The third-order valence-electron chi connectivity index (χ3n) is 4.65. The van der Waals surface area contributed by atoms with Crippen LogP contribution in [0.2, 0.25) is 0 Å². The number of H-pyrrole nitrogens is 1. The number of imidazole rings is 1. The van der Waals surface area contributed by atoms with Gasteiger partial charge >= 0.3 is 5.69 Å². The highest BCUT2D eigenvalue weighted by Crippen LogP contribution is 2.17. The van der Waals surface area contributed by atoms with E-state index in [0.717, 1.165) is 18.4 Å². The summed E-state index contributed by atoms with van der Waals surface area (Å²) >= 11 is 0. The molecule has 3 N–H and O–H groups in total. The molecule has 0 fully saturated rings. The van der Waals surface area contributed by atoms with Gasteiger partial charge in [0.15, 0.2) is 11.2 Å². The number of anilines is 1. The van der Waals surface area contributed by atoms with Crippen LogP contribution in [0.5, 0.6) is 5.75 Å². The predicted molar refractivity (Wildman–Crippen MR) is 112 cm³/mol. The van der Waals surface area contributed by atoms with E-state index in [1.807, 2.05) is 31.2 Å². The second kappa shape index (κ2) is 8.95. The Hall–Kier alpha value is -3.07. The SMILES string of the molecule is CCCCNc1nc2c(c(=O)[nH]c(=O)n2C)n1C[C@H](O)COc1cccc(C)c1. The minimum absolute atomic E-state index is 0.0567. The van der Waals surface area contributed by atoms with E-state index in [9.17, 15) is 14.7 Å². The van der Waals surface area contributed by atoms with Crippen LogP contribution >= 0.6 is 0 Å². The Morgan fingerprint density at radius 3 is 2.86 bits per heavy atom. The number of nitrogens with one attached hydrogen (secondary N) is 2. The number of aromatic amines is 1. The van der Waals surface area contributed by atoms with Gasteiger partial charge in [-0.25, -0.2) is 4.79 Å². The lowest BCUT2D eigenvalue weighted by atomic mass is 10.2. The van der Waals surface area contributed by atoms with Crippen LogP contribution in [0.25, 0.3) is 11.2 Å². The van der Waals surface area contributed by atoms with Crippen molar-refractivity contribution < 1.29 is 9.84 Å². The first-order valence-electron chi connectivity index (χ1n) is 9.71. The lowest BCUT2D eigenvalue weighted by Crippen LogP contribution is -2.31.